The lowest BCUT2D eigenvalue weighted by atomic mass is 10.2. The summed E-state index contributed by atoms with van der Waals surface area (Å²) in [6.07, 6.45) is 0. The number of rotatable bonds is 8. The molecule has 0 atom stereocenters. The maximum Gasteiger partial charge on any atom is 0.260 e. The van der Waals surface area contributed by atoms with Crippen LogP contribution in [0.4, 0.5) is 5.13 Å². The molecule has 8 heteroatoms. The molecule has 2 aromatic carbocycles. The van der Waals surface area contributed by atoms with E-state index in [0.29, 0.717) is 23.8 Å². The zero-order chi connectivity index (χ0) is 20.1. The summed E-state index contributed by atoms with van der Waals surface area (Å²) in [5.41, 5.74) is 1.47. The minimum atomic E-state index is -0.0754. The van der Waals surface area contributed by atoms with Crippen LogP contribution in [0.5, 0.6) is 11.5 Å². The monoisotopic (exact) mass is 435 g/mol. The van der Waals surface area contributed by atoms with Crippen molar-refractivity contribution in [2.24, 2.45) is 0 Å². The summed E-state index contributed by atoms with van der Waals surface area (Å²) in [6, 6.07) is 13.0. The highest BCUT2D eigenvalue weighted by Crippen LogP contribution is 2.32. The highest BCUT2D eigenvalue weighted by molar-refractivity contribution is 7.22. The first kappa shape index (κ1) is 22.9. The van der Waals surface area contributed by atoms with Gasteiger partial charge in [0.25, 0.3) is 5.91 Å². The zero-order valence-electron chi connectivity index (χ0n) is 17.0. The molecular formula is C21H26ClN3O3S. The highest BCUT2D eigenvalue weighted by atomic mass is 35.5. The van der Waals surface area contributed by atoms with E-state index < -0.39 is 0 Å². The van der Waals surface area contributed by atoms with E-state index in [1.54, 1.807) is 36.3 Å². The van der Waals surface area contributed by atoms with Crippen molar-refractivity contribution in [3.05, 3.63) is 48.0 Å². The van der Waals surface area contributed by atoms with Crippen molar-refractivity contribution in [2.75, 3.05) is 45.8 Å². The molecule has 0 fully saturated rings. The van der Waals surface area contributed by atoms with E-state index in [4.69, 9.17) is 14.5 Å². The minimum absolute atomic E-state index is 0. The number of carbonyl (C=O) groups excluding carboxylic acids is 1. The number of benzene rings is 2. The van der Waals surface area contributed by atoms with Crippen LogP contribution in [-0.4, -0.2) is 56.7 Å². The Balaban J connectivity index is 0.00000300. The van der Waals surface area contributed by atoms with E-state index in [2.05, 4.69) is 4.90 Å². The van der Waals surface area contributed by atoms with Crippen molar-refractivity contribution in [1.29, 1.82) is 0 Å². The van der Waals surface area contributed by atoms with E-state index in [-0.39, 0.29) is 18.3 Å². The van der Waals surface area contributed by atoms with Crippen molar-refractivity contribution in [3.8, 4) is 11.5 Å². The Morgan fingerprint density at radius 3 is 2.38 bits per heavy atom. The fourth-order valence-corrected chi connectivity index (χ4v) is 3.76. The Labute approximate surface area is 181 Å². The zero-order valence-corrected chi connectivity index (χ0v) is 18.7. The SMILES string of the molecule is CCOc1ccc2nc(N(CCN(C)C)C(=O)c3ccc(OC)cc3)sc2c1.Cl. The number of thiazole rings is 1. The second kappa shape index (κ2) is 10.4. The van der Waals surface area contributed by atoms with Gasteiger partial charge in [0.1, 0.15) is 11.5 Å². The Morgan fingerprint density at radius 1 is 1.07 bits per heavy atom. The molecule has 0 unspecified atom stereocenters. The Bertz CT molecular complexity index is 944. The minimum Gasteiger partial charge on any atom is -0.497 e. The summed E-state index contributed by atoms with van der Waals surface area (Å²) in [5, 5.41) is 0.686. The van der Waals surface area contributed by atoms with Gasteiger partial charge in [0.15, 0.2) is 5.13 Å². The molecule has 3 rings (SSSR count). The molecule has 1 amide bonds. The van der Waals surface area contributed by atoms with Crippen LogP contribution in [0.1, 0.15) is 17.3 Å². The second-order valence-electron chi connectivity index (χ2n) is 6.55. The lowest BCUT2D eigenvalue weighted by Crippen LogP contribution is -2.36. The lowest BCUT2D eigenvalue weighted by Gasteiger charge is -2.22. The summed E-state index contributed by atoms with van der Waals surface area (Å²) in [6.45, 7) is 3.86. The van der Waals surface area contributed by atoms with Gasteiger partial charge in [0.05, 0.1) is 23.9 Å². The summed E-state index contributed by atoms with van der Waals surface area (Å²) >= 11 is 1.50. The standard InChI is InChI=1S/C21H25N3O3S.ClH/c1-5-27-17-10-11-18-19(14-17)28-21(22-18)24(13-12-23(2)3)20(25)15-6-8-16(26-4)9-7-15;/h6-11,14H,5,12-13H2,1-4H3;1H. The number of nitrogens with zero attached hydrogens (tertiary/aromatic N) is 3. The third-order valence-electron chi connectivity index (χ3n) is 4.24. The lowest BCUT2D eigenvalue weighted by molar-refractivity contribution is 0.0985. The number of anilines is 1. The van der Waals surface area contributed by atoms with Gasteiger partial charge >= 0.3 is 0 Å². The number of aromatic nitrogens is 1. The maximum absolute atomic E-state index is 13.2. The average molecular weight is 436 g/mol. The molecule has 6 nitrogen and oxygen atoms in total. The van der Waals surface area contributed by atoms with E-state index in [9.17, 15) is 4.79 Å². The first-order chi connectivity index (χ1) is 13.5. The number of ether oxygens (including phenoxy) is 2. The van der Waals surface area contributed by atoms with Crippen molar-refractivity contribution >= 4 is 45.0 Å². The van der Waals surface area contributed by atoms with E-state index >= 15 is 0 Å². The summed E-state index contributed by atoms with van der Waals surface area (Å²) in [7, 11) is 5.59. The Kier molecular flexibility index (Phi) is 8.25. The largest absolute Gasteiger partial charge is 0.497 e. The Morgan fingerprint density at radius 2 is 1.76 bits per heavy atom. The molecule has 29 heavy (non-hydrogen) atoms. The van der Waals surface area contributed by atoms with Crippen LogP contribution in [0.2, 0.25) is 0 Å². The number of amides is 1. The van der Waals surface area contributed by atoms with Gasteiger partial charge < -0.3 is 14.4 Å². The maximum atomic E-state index is 13.2. The van der Waals surface area contributed by atoms with Gasteiger partial charge in [0, 0.05) is 18.7 Å². The first-order valence-corrected chi connectivity index (χ1v) is 9.97. The average Bonchev–Trinajstić information content (AvgIpc) is 3.11. The van der Waals surface area contributed by atoms with Gasteiger partial charge in [-0.2, -0.15) is 0 Å². The molecule has 0 aliphatic rings. The quantitative estimate of drug-likeness (QED) is 0.527. The molecule has 0 aliphatic heterocycles. The highest BCUT2D eigenvalue weighted by Gasteiger charge is 2.21. The van der Waals surface area contributed by atoms with Gasteiger partial charge in [-0.3, -0.25) is 9.69 Å². The van der Waals surface area contributed by atoms with Gasteiger partial charge in [-0.15, -0.1) is 12.4 Å². The predicted octanol–water partition coefficient (Wildman–Crippen LogP) is 4.33. The molecule has 0 spiro atoms. The molecule has 0 bridgehead atoms. The number of hydrogen-bond acceptors (Lipinski definition) is 6. The van der Waals surface area contributed by atoms with Gasteiger partial charge in [0.2, 0.25) is 0 Å². The molecule has 0 saturated heterocycles. The first-order valence-electron chi connectivity index (χ1n) is 9.16. The molecule has 0 aliphatic carbocycles. The third kappa shape index (κ3) is 5.59. The molecule has 0 saturated carbocycles. The predicted molar refractivity (Wildman–Crippen MR) is 121 cm³/mol. The topological polar surface area (TPSA) is 54.9 Å². The third-order valence-corrected chi connectivity index (χ3v) is 5.28. The van der Waals surface area contributed by atoms with Gasteiger partial charge in [-0.25, -0.2) is 4.98 Å². The fourth-order valence-electron chi connectivity index (χ4n) is 2.74. The fraction of sp³-hybridized carbons (Fsp3) is 0.333. The van der Waals surface area contributed by atoms with E-state index in [1.807, 2.05) is 39.2 Å². The van der Waals surface area contributed by atoms with Gasteiger partial charge in [-0.05, 0) is 63.5 Å². The number of carbonyl (C=O) groups is 1. The van der Waals surface area contributed by atoms with E-state index in [1.165, 1.54) is 11.3 Å². The summed E-state index contributed by atoms with van der Waals surface area (Å²) < 4.78 is 11.8. The van der Waals surface area contributed by atoms with Crippen LogP contribution in [0.3, 0.4) is 0 Å². The second-order valence-corrected chi connectivity index (χ2v) is 7.56. The number of halogens is 1. The summed E-state index contributed by atoms with van der Waals surface area (Å²) in [5.74, 6) is 1.46. The van der Waals surface area contributed by atoms with Crippen molar-refractivity contribution in [3.63, 3.8) is 0 Å². The van der Waals surface area contributed by atoms with Crippen LogP contribution in [0, 0.1) is 0 Å². The molecule has 1 heterocycles. The van der Waals surface area contributed by atoms with Gasteiger partial charge in [-0.1, -0.05) is 11.3 Å². The molecule has 0 N–H and O–H groups in total. The number of fused-ring (bicyclic) bond motifs is 1. The molecule has 3 aromatic rings. The summed E-state index contributed by atoms with van der Waals surface area (Å²) in [4.78, 5) is 21.7. The smallest absolute Gasteiger partial charge is 0.260 e. The normalized spacial score (nSPS) is 10.7. The molecule has 0 radical (unpaired) electrons. The molecule has 156 valence electrons. The van der Waals surface area contributed by atoms with Crippen LogP contribution < -0.4 is 14.4 Å². The number of hydrogen-bond donors (Lipinski definition) is 0. The van der Waals surface area contributed by atoms with Crippen LogP contribution in [0.15, 0.2) is 42.5 Å². The number of likely N-dealkylation sites (N-methyl/N-ethyl adjacent to an activating group) is 1. The molecular weight excluding hydrogens is 410 g/mol. The van der Waals surface area contributed by atoms with Crippen molar-refractivity contribution in [2.45, 2.75) is 6.92 Å². The van der Waals surface area contributed by atoms with Crippen LogP contribution in [0.25, 0.3) is 10.2 Å². The van der Waals surface area contributed by atoms with Crippen molar-refractivity contribution in [1.82, 2.24) is 9.88 Å². The van der Waals surface area contributed by atoms with Crippen molar-refractivity contribution < 1.29 is 14.3 Å². The Hall–Kier alpha value is -2.35. The van der Waals surface area contributed by atoms with Crippen LogP contribution >= 0.6 is 23.7 Å². The molecule has 1 aromatic heterocycles. The number of methoxy groups -OCH3 is 1. The van der Waals surface area contributed by atoms with Crippen LogP contribution in [-0.2, 0) is 0 Å². The van der Waals surface area contributed by atoms with E-state index in [0.717, 1.165) is 28.3 Å².